The lowest BCUT2D eigenvalue weighted by Gasteiger charge is -2.10. The van der Waals surface area contributed by atoms with Gasteiger partial charge in [0.2, 0.25) is 0 Å². The van der Waals surface area contributed by atoms with Crippen molar-refractivity contribution in [2.45, 2.75) is 40.7 Å². The molecular weight excluding hydrogens is 318 g/mol. The molecule has 130 valence electrons. The van der Waals surface area contributed by atoms with Gasteiger partial charge in [-0.3, -0.25) is 4.57 Å². The molecule has 0 bridgehead atoms. The van der Waals surface area contributed by atoms with Gasteiger partial charge in [-0.15, -0.1) is 5.10 Å². The molecular formula is C19H21N3O3. The number of rotatable bonds is 4. The number of fused-ring (bicyclic) bond motifs is 1. The van der Waals surface area contributed by atoms with Crippen molar-refractivity contribution in [2.75, 3.05) is 0 Å². The monoisotopic (exact) mass is 339 g/mol. The third-order valence-corrected chi connectivity index (χ3v) is 4.39. The van der Waals surface area contributed by atoms with Crippen molar-refractivity contribution in [3.05, 3.63) is 62.8 Å². The summed E-state index contributed by atoms with van der Waals surface area (Å²) >= 11 is 0. The molecule has 0 aliphatic rings. The second-order valence-corrected chi connectivity index (χ2v) is 6.11. The van der Waals surface area contributed by atoms with Crippen LogP contribution in [0.4, 0.5) is 0 Å². The van der Waals surface area contributed by atoms with Gasteiger partial charge >= 0.3 is 11.3 Å². The minimum Gasteiger partial charge on any atom is -0.430 e. The smallest absolute Gasteiger partial charge is 0.350 e. The quantitative estimate of drug-likeness (QED) is 0.732. The number of nitrogens with zero attached hydrogens (tertiary/aromatic N) is 3. The van der Waals surface area contributed by atoms with Crippen molar-refractivity contribution >= 4 is 16.3 Å². The summed E-state index contributed by atoms with van der Waals surface area (Å²) in [6, 6.07) is 3.56. The highest BCUT2D eigenvalue weighted by Crippen LogP contribution is 2.26. The maximum absolute atomic E-state index is 12.7. The highest BCUT2D eigenvalue weighted by atomic mass is 16.4. The molecule has 0 saturated heterocycles. The lowest BCUT2D eigenvalue weighted by Crippen LogP contribution is -2.24. The van der Waals surface area contributed by atoms with E-state index in [9.17, 15) is 9.59 Å². The minimum absolute atomic E-state index is 0.179. The number of hydrogen-bond acceptors (Lipinski definition) is 4. The predicted molar refractivity (Wildman–Crippen MR) is 98.4 cm³/mol. The van der Waals surface area contributed by atoms with E-state index < -0.39 is 5.63 Å². The van der Waals surface area contributed by atoms with Crippen LogP contribution in [0.25, 0.3) is 22.0 Å². The fourth-order valence-corrected chi connectivity index (χ4v) is 3.06. The molecule has 2 heterocycles. The van der Waals surface area contributed by atoms with Gasteiger partial charge in [-0.25, -0.2) is 9.59 Å². The average molecular weight is 339 g/mol. The lowest BCUT2D eigenvalue weighted by atomic mass is 10.0. The highest BCUT2D eigenvalue weighted by Gasteiger charge is 2.16. The van der Waals surface area contributed by atoms with Crippen molar-refractivity contribution in [3.63, 3.8) is 0 Å². The summed E-state index contributed by atoms with van der Waals surface area (Å²) in [5, 5.41) is 5.66. The molecule has 0 atom stereocenters. The Balaban J connectivity index is 2.39. The van der Waals surface area contributed by atoms with Gasteiger partial charge in [0.1, 0.15) is 12.1 Å². The van der Waals surface area contributed by atoms with Gasteiger partial charge in [-0.2, -0.15) is 4.68 Å². The van der Waals surface area contributed by atoms with Crippen molar-refractivity contribution in [3.8, 4) is 5.69 Å². The Morgan fingerprint density at radius 3 is 2.52 bits per heavy atom. The average Bonchev–Trinajstić information content (AvgIpc) is 2.90. The van der Waals surface area contributed by atoms with Crippen LogP contribution in [0.5, 0.6) is 0 Å². The van der Waals surface area contributed by atoms with Gasteiger partial charge in [-0.1, -0.05) is 13.5 Å². The number of benzene rings is 1. The zero-order valence-corrected chi connectivity index (χ0v) is 14.9. The van der Waals surface area contributed by atoms with Gasteiger partial charge in [-0.05, 0) is 44.0 Å². The highest BCUT2D eigenvalue weighted by molar-refractivity contribution is 5.93. The Morgan fingerprint density at radius 1 is 1.24 bits per heavy atom. The maximum atomic E-state index is 12.7. The Kier molecular flexibility index (Phi) is 4.20. The first kappa shape index (κ1) is 17.0. The Morgan fingerprint density at radius 2 is 1.96 bits per heavy atom. The fraction of sp³-hybridized carbons (Fsp3) is 0.316. The van der Waals surface area contributed by atoms with Gasteiger partial charge in [0.15, 0.2) is 0 Å². The lowest BCUT2D eigenvalue weighted by molar-refractivity contribution is 0.518. The maximum Gasteiger partial charge on any atom is 0.350 e. The topological polar surface area (TPSA) is 70.0 Å². The Hall–Kier alpha value is -2.89. The van der Waals surface area contributed by atoms with E-state index in [4.69, 9.17) is 4.42 Å². The first-order valence-electron chi connectivity index (χ1n) is 8.30. The molecule has 3 rings (SSSR count). The molecule has 2 aromatic heterocycles. The van der Waals surface area contributed by atoms with Crippen LogP contribution in [0.2, 0.25) is 0 Å². The van der Waals surface area contributed by atoms with E-state index in [1.807, 2.05) is 33.8 Å². The van der Waals surface area contributed by atoms with Crippen molar-refractivity contribution in [2.24, 2.45) is 0 Å². The summed E-state index contributed by atoms with van der Waals surface area (Å²) < 4.78 is 8.18. The molecule has 0 aliphatic heterocycles. The molecule has 0 amide bonds. The summed E-state index contributed by atoms with van der Waals surface area (Å²) in [6.45, 7) is 12.1. The van der Waals surface area contributed by atoms with Gasteiger partial charge in [0, 0.05) is 23.9 Å². The summed E-state index contributed by atoms with van der Waals surface area (Å²) in [7, 11) is 0. The van der Waals surface area contributed by atoms with E-state index in [-0.39, 0.29) is 5.69 Å². The third kappa shape index (κ3) is 2.63. The minimum atomic E-state index is -0.407. The van der Waals surface area contributed by atoms with E-state index in [1.54, 1.807) is 10.6 Å². The van der Waals surface area contributed by atoms with Crippen molar-refractivity contribution in [1.29, 1.82) is 0 Å². The van der Waals surface area contributed by atoms with E-state index >= 15 is 0 Å². The van der Waals surface area contributed by atoms with E-state index in [2.05, 4.69) is 11.7 Å². The first-order valence-corrected chi connectivity index (χ1v) is 8.30. The molecule has 25 heavy (non-hydrogen) atoms. The summed E-state index contributed by atoms with van der Waals surface area (Å²) in [4.78, 5) is 24.8. The number of aromatic nitrogens is 3. The summed E-state index contributed by atoms with van der Waals surface area (Å²) in [5.74, 6) is 0.736. The molecule has 0 aliphatic carbocycles. The molecule has 6 nitrogen and oxygen atoms in total. The number of aryl methyl sites for hydroxylation is 2. The van der Waals surface area contributed by atoms with E-state index in [1.165, 1.54) is 10.9 Å². The predicted octanol–water partition coefficient (Wildman–Crippen LogP) is 3.06. The molecule has 6 heteroatoms. The summed E-state index contributed by atoms with van der Waals surface area (Å²) in [5.41, 5.74) is 2.38. The Labute approximate surface area is 145 Å². The number of hydrogen-bond donors (Lipinski definition) is 0. The number of allylic oxidation sites excluding steroid dienone is 1. The van der Waals surface area contributed by atoms with Crippen LogP contribution in [0, 0.1) is 6.92 Å². The second kappa shape index (κ2) is 6.20. The van der Waals surface area contributed by atoms with Crippen LogP contribution in [0.3, 0.4) is 0 Å². The standard InChI is InChI=1S/C19H21N3O3/c1-6-17-20-22(19(24)21(17)7-2)16-9-13-14(8-12(16)5)18(23)25-10-15(13)11(3)4/h8-10H,3,6-7H2,1-2,4-5H3. The van der Waals surface area contributed by atoms with Crippen LogP contribution in [0.15, 0.2) is 39.0 Å². The normalized spacial score (nSPS) is 11.2. The molecule has 0 spiro atoms. The molecule has 3 aromatic rings. The second-order valence-electron chi connectivity index (χ2n) is 6.11. The zero-order chi connectivity index (χ0) is 18.3. The Bertz CT molecular complexity index is 1100. The van der Waals surface area contributed by atoms with Crippen LogP contribution in [-0.2, 0) is 13.0 Å². The molecule has 0 saturated carbocycles. The first-order chi connectivity index (χ1) is 11.9. The van der Waals surface area contributed by atoms with Crippen molar-refractivity contribution < 1.29 is 4.42 Å². The van der Waals surface area contributed by atoms with Gasteiger partial charge < -0.3 is 4.42 Å². The molecule has 0 radical (unpaired) electrons. The molecule has 0 fully saturated rings. The molecule has 0 N–H and O–H groups in total. The van der Waals surface area contributed by atoms with Crippen LogP contribution in [0.1, 0.15) is 37.7 Å². The van der Waals surface area contributed by atoms with Gasteiger partial charge in [0.05, 0.1) is 11.1 Å². The van der Waals surface area contributed by atoms with E-state index in [0.717, 1.165) is 22.5 Å². The largest absolute Gasteiger partial charge is 0.430 e. The third-order valence-electron chi connectivity index (χ3n) is 4.39. The summed E-state index contributed by atoms with van der Waals surface area (Å²) in [6.07, 6.45) is 2.08. The SMILES string of the molecule is C=C(C)c1coc(=O)c2cc(C)c(-n3nc(CC)n(CC)c3=O)cc12. The fourth-order valence-electron chi connectivity index (χ4n) is 3.06. The molecule has 0 unspecified atom stereocenters. The zero-order valence-electron chi connectivity index (χ0n) is 14.9. The van der Waals surface area contributed by atoms with E-state index in [0.29, 0.717) is 29.4 Å². The van der Waals surface area contributed by atoms with Crippen molar-refractivity contribution in [1.82, 2.24) is 14.3 Å². The van der Waals surface area contributed by atoms with Crippen LogP contribution >= 0.6 is 0 Å². The van der Waals surface area contributed by atoms with Crippen LogP contribution in [-0.4, -0.2) is 14.3 Å². The van der Waals surface area contributed by atoms with Gasteiger partial charge in [0.25, 0.3) is 0 Å². The molecule has 1 aromatic carbocycles. The van der Waals surface area contributed by atoms with Crippen LogP contribution < -0.4 is 11.3 Å².